The minimum atomic E-state index is -0.163. The molecule has 0 saturated carbocycles. The Bertz CT molecular complexity index is 383. The van der Waals surface area contributed by atoms with E-state index in [-0.39, 0.29) is 5.91 Å². The molecule has 0 saturated heterocycles. The zero-order valence-electron chi connectivity index (χ0n) is 8.42. The van der Waals surface area contributed by atoms with Gasteiger partial charge >= 0.3 is 0 Å². The molecule has 72 valence electrons. The molecule has 0 bridgehead atoms. The molecular formula is C12H13NO. The quantitative estimate of drug-likeness (QED) is 0.559. The molecule has 14 heavy (non-hydrogen) atoms. The van der Waals surface area contributed by atoms with Crippen molar-refractivity contribution in [3.05, 3.63) is 47.7 Å². The number of benzene rings is 1. The SMILES string of the molecule is C=C=C(C)C(=O)Nc1ccc(C)cc1. The first kappa shape index (κ1) is 10.3. The molecule has 2 nitrogen and oxygen atoms in total. The summed E-state index contributed by atoms with van der Waals surface area (Å²) in [5.41, 5.74) is 5.00. The van der Waals surface area contributed by atoms with E-state index in [1.807, 2.05) is 31.2 Å². The van der Waals surface area contributed by atoms with Crippen LogP contribution in [0.1, 0.15) is 12.5 Å². The van der Waals surface area contributed by atoms with Crippen molar-refractivity contribution in [3.63, 3.8) is 0 Å². The van der Waals surface area contributed by atoms with E-state index in [0.717, 1.165) is 5.69 Å². The lowest BCUT2D eigenvalue weighted by molar-refractivity contribution is -0.112. The standard InChI is InChI=1S/C12H13NO/c1-4-10(3)12(14)13-11-7-5-9(2)6-8-11/h5-8H,1H2,2-3H3,(H,13,14). The second-order valence-corrected chi connectivity index (χ2v) is 3.12. The summed E-state index contributed by atoms with van der Waals surface area (Å²) in [6.45, 7) is 7.09. The Hall–Kier alpha value is -1.79. The highest BCUT2D eigenvalue weighted by atomic mass is 16.1. The van der Waals surface area contributed by atoms with Gasteiger partial charge in [-0.1, -0.05) is 24.3 Å². The van der Waals surface area contributed by atoms with E-state index in [1.165, 1.54) is 5.56 Å². The average Bonchev–Trinajstić information content (AvgIpc) is 2.20. The molecule has 0 radical (unpaired) electrons. The van der Waals surface area contributed by atoms with Crippen molar-refractivity contribution in [2.45, 2.75) is 13.8 Å². The topological polar surface area (TPSA) is 29.1 Å². The number of nitrogens with one attached hydrogen (secondary N) is 1. The van der Waals surface area contributed by atoms with Crippen LogP contribution in [0.5, 0.6) is 0 Å². The minimum absolute atomic E-state index is 0.163. The second-order valence-electron chi connectivity index (χ2n) is 3.12. The van der Waals surface area contributed by atoms with Gasteiger partial charge in [0.15, 0.2) is 0 Å². The highest BCUT2D eigenvalue weighted by Gasteiger charge is 2.02. The van der Waals surface area contributed by atoms with E-state index < -0.39 is 0 Å². The van der Waals surface area contributed by atoms with E-state index >= 15 is 0 Å². The van der Waals surface area contributed by atoms with Crippen LogP contribution in [0.3, 0.4) is 0 Å². The van der Waals surface area contributed by atoms with Crippen LogP contribution in [-0.2, 0) is 4.79 Å². The van der Waals surface area contributed by atoms with E-state index in [4.69, 9.17) is 0 Å². The number of carbonyl (C=O) groups excluding carboxylic acids is 1. The number of hydrogen-bond donors (Lipinski definition) is 1. The summed E-state index contributed by atoms with van der Waals surface area (Å²) in [4.78, 5) is 11.4. The third kappa shape index (κ3) is 2.61. The molecule has 0 fully saturated rings. The zero-order valence-corrected chi connectivity index (χ0v) is 8.42. The third-order valence-corrected chi connectivity index (χ3v) is 1.92. The molecule has 1 N–H and O–H groups in total. The van der Waals surface area contributed by atoms with Crippen LogP contribution < -0.4 is 5.32 Å². The fourth-order valence-electron chi connectivity index (χ4n) is 0.942. The predicted octanol–water partition coefficient (Wildman–Crippen LogP) is 2.66. The second kappa shape index (κ2) is 4.45. The van der Waals surface area contributed by atoms with Crippen LogP contribution >= 0.6 is 0 Å². The first-order valence-corrected chi connectivity index (χ1v) is 4.38. The Morgan fingerprint density at radius 3 is 2.43 bits per heavy atom. The van der Waals surface area contributed by atoms with E-state index in [2.05, 4.69) is 17.6 Å². The van der Waals surface area contributed by atoms with Crippen LogP contribution in [0.2, 0.25) is 0 Å². The van der Waals surface area contributed by atoms with Crippen molar-refractivity contribution in [1.82, 2.24) is 0 Å². The highest BCUT2D eigenvalue weighted by Crippen LogP contribution is 2.09. The van der Waals surface area contributed by atoms with Crippen molar-refractivity contribution in [2.75, 3.05) is 5.32 Å². The predicted molar refractivity (Wildman–Crippen MR) is 58.1 cm³/mol. The Balaban J connectivity index is 2.75. The van der Waals surface area contributed by atoms with Crippen LogP contribution in [0.25, 0.3) is 0 Å². The lowest BCUT2D eigenvalue weighted by Gasteiger charge is -2.03. The van der Waals surface area contributed by atoms with E-state index in [0.29, 0.717) is 5.57 Å². The molecule has 0 aliphatic rings. The van der Waals surface area contributed by atoms with Gasteiger partial charge in [0.1, 0.15) is 0 Å². The van der Waals surface area contributed by atoms with Gasteiger partial charge in [-0.3, -0.25) is 4.79 Å². The van der Waals surface area contributed by atoms with Gasteiger partial charge in [-0.05, 0) is 26.0 Å². The van der Waals surface area contributed by atoms with Crippen molar-refractivity contribution in [3.8, 4) is 0 Å². The molecule has 2 heteroatoms. The molecule has 0 spiro atoms. The summed E-state index contributed by atoms with van der Waals surface area (Å²) < 4.78 is 0. The van der Waals surface area contributed by atoms with Crippen LogP contribution in [-0.4, -0.2) is 5.91 Å². The average molecular weight is 187 g/mol. The monoisotopic (exact) mass is 187 g/mol. The molecule has 1 aromatic carbocycles. The van der Waals surface area contributed by atoms with E-state index in [9.17, 15) is 4.79 Å². The molecule has 0 unspecified atom stereocenters. The number of aryl methyl sites for hydroxylation is 1. The summed E-state index contributed by atoms with van der Waals surface area (Å²) in [6, 6.07) is 7.62. The van der Waals surface area contributed by atoms with Gasteiger partial charge in [-0.15, -0.1) is 5.73 Å². The highest BCUT2D eigenvalue weighted by molar-refractivity contribution is 6.03. The molecule has 0 aliphatic heterocycles. The Labute approximate surface area is 84.0 Å². The number of rotatable bonds is 2. The lowest BCUT2D eigenvalue weighted by atomic mass is 10.2. The van der Waals surface area contributed by atoms with Crippen LogP contribution in [0.4, 0.5) is 5.69 Å². The van der Waals surface area contributed by atoms with Gasteiger partial charge in [0.05, 0.1) is 5.57 Å². The first-order valence-electron chi connectivity index (χ1n) is 4.38. The maximum absolute atomic E-state index is 11.4. The van der Waals surface area contributed by atoms with Gasteiger partial charge in [-0.25, -0.2) is 0 Å². The zero-order chi connectivity index (χ0) is 10.6. The summed E-state index contributed by atoms with van der Waals surface area (Å²) in [5, 5.41) is 2.74. The molecule has 0 aliphatic carbocycles. The molecule has 1 aromatic rings. The maximum Gasteiger partial charge on any atom is 0.259 e. The first-order chi connectivity index (χ1) is 6.63. The van der Waals surface area contributed by atoms with E-state index in [1.54, 1.807) is 6.92 Å². The lowest BCUT2D eigenvalue weighted by Crippen LogP contribution is -2.11. The molecule has 0 atom stereocenters. The maximum atomic E-state index is 11.4. The number of carbonyl (C=O) groups is 1. The Morgan fingerprint density at radius 1 is 1.36 bits per heavy atom. The molecule has 1 amide bonds. The minimum Gasteiger partial charge on any atom is -0.322 e. The van der Waals surface area contributed by atoms with Gasteiger partial charge in [0.25, 0.3) is 5.91 Å². The van der Waals surface area contributed by atoms with Gasteiger partial charge in [-0.2, -0.15) is 0 Å². The molecular weight excluding hydrogens is 174 g/mol. The van der Waals surface area contributed by atoms with Crippen molar-refractivity contribution in [2.24, 2.45) is 0 Å². The molecule has 1 rings (SSSR count). The van der Waals surface area contributed by atoms with Crippen molar-refractivity contribution < 1.29 is 4.79 Å². The number of anilines is 1. The normalized spacial score (nSPS) is 9.00. The number of amides is 1. The summed E-state index contributed by atoms with van der Waals surface area (Å²) in [5.74, 6) is -0.163. The molecule has 0 heterocycles. The summed E-state index contributed by atoms with van der Waals surface area (Å²) in [7, 11) is 0. The van der Waals surface area contributed by atoms with Crippen LogP contribution in [0.15, 0.2) is 42.1 Å². The third-order valence-electron chi connectivity index (χ3n) is 1.92. The van der Waals surface area contributed by atoms with Gasteiger partial charge < -0.3 is 5.32 Å². The largest absolute Gasteiger partial charge is 0.322 e. The van der Waals surface area contributed by atoms with Gasteiger partial charge in [0, 0.05) is 5.69 Å². The molecule has 0 aromatic heterocycles. The van der Waals surface area contributed by atoms with Crippen LogP contribution in [0, 0.1) is 6.92 Å². The summed E-state index contributed by atoms with van der Waals surface area (Å²) >= 11 is 0. The summed E-state index contributed by atoms with van der Waals surface area (Å²) in [6.07, 6.45) is 0. The Morgan fingerprint density at radius 2 is 1.93 bits per heavy atom. The van der Waals surface area contributed by atoms with Gasteiger partial charge in [0.2, 0.25) is 0 Å². The van der Waals surface area contributed by atoms with Crippen molar-refractivity contribution >= 4 is 11.6 Å². The Kier molecular flexibility index (Phi) is 3.27. The number of hydrogen-bond acceptors (Lipinski definition) is 1. The van der Waals surface area contributed by atoms with Crippen molar-refractivity contribution in [1.29, 1.82) is 0 Å². The smallest absolute Gasteiger partial charge is 0.259 e. The fraction of sp³-hybridized carbons (Fsp3) is 0.167. The fourth-order valence-corrected chi connectivity index (χ4v) is 0.942.